The zero-order chi connectivity index (χ0) is 13.7. The first kappa shape index (κ1) is 11.6. The molecule has 0 aliphatic carbocycles. The predicted octanol–water partition coefficient (Wildman–Crippen LogP) is 2.13. The Labute approximate surface area is 115 Å². The van der Waals surface area contributed by atoms with E-state index in [4.69, 9.17) is 5.73 Å². The molecule has 0 bridgehead atoms. The van der Waals surface area contributed by atoms with Crippen LogP contribution in [0.5, 0.6) is 0 Å². The summed E-state index contributed by atoms with van der Waals surface area (Å²) in [6, 6.07) is 1.85. The van der Waals surface area contributed by atoms with Crippen LogP contribution < -0.4 is 10.6 Å². The van der Waals surface area contributed by atoms with Gasteiger partial charge in [-0.05, 0) is 25.3 Å². The largest absolute Gasteiger partial charge is 0.384 e. The number of fused-ring (bicyclic) bond motifs is 2. The summed E-state index contributed by atoms with van der Waals surface area (Å²) in [4.78, 5) is 14.4. The van der Waals surface area contributed by atoms with Crippen LogP contribution in [0.25, 0.3) is 17.0 Å². The summed E-state index contributed by atoms with van der Waals surface area (Å²) in [5.41, 5.74) is 7.03. The fourth-order valence-corrected chi connectivity index (χ4v) is 3.11. The highest BCUT2D eigenvalue weighted by Gasteiger charge is 2.27. The molecule has 2 aliphatic heterocycles. The smallest absolute Gasteiger partial charge is 0.311 e. The van der Waals surface area contributed by atoms with Crippen molar-refractivity contribution in [3.8, 4) is 0 Å². The van der Waals surface area contributed by atoms with Crippen LogP contribution in [0.4, 0.5) is 16.0 Å². The van der Waals surface area contributed by atoms with Crippen molar-refractivity contribution in [1.82, 2.24) is 15.0 Å². The number of hydrogen-bond donors (Lipinski definition) is 1. The molecule has 4 heterocycles. The van der Waals surface area contributed by atoms with E-state index in [1.54, 1.807) is 6.07 Å². The molecule has 0 amide bonds. The lowest BCUT2D eigenvalue weighted by Crippen LogP contribution is -2.38. The first-order chi connectivity index (χ1) is 9.72. The normalized spacial score (nSPS) is 20.9. The standard InChI is InChI=1S/C14H14FN5/c15-14-18-10-7-11(16)17-9-5-4-8-3-1-2-6-20(8)13(19-14)12(9)10/h4-5,7-8H,1-3,6H2,(H2,16,17). The Morgan fingerprint density at radius 3 is 3.05 bits per heavy atom. The molecule has 0 spiro atoms. The van der Waals surface area contributed by atoms with E-state index in [1.165, 1.54) is 6.42 Å². The number of aromatic nitrogens is 3. The van der Waals surface area contributed by atoms with Gasteiger partial charge < -0.3 is 10.6 Å². The van der Waals surface area contributed by atoms with Gasteiger partial charge in [-0.25, -0.2) is 9.97 Å². The molecular formula is C14H14FN5. The Bertz CT molecular complexity index is 722. The third kappa shape index (κ3) is 1.64. The molecule has 2 N–H and O–H groups in total. The van der Waals surface area contributed by atoms with E-state index >= 15 is 0 Å². The SMILES string of the molecule is Nc1cc2nc(F)nc3c2c(n1)C=CC1CCCCN31. The maximum atomic E-state index is 13.7. The molecule has 1 fully saturated rings. The number of piperidine rings is 1. The second kappa shape index (κ2) is 4.13. The zero-order valence-electron chi connectivity index (χ0n) is 10.9. The lowest BCUT2D eigenvalue weighted by atomic mass is 10.0. The van der Waals surface area contributed by atoms with Gasteiger partial charge >= 0.3 is 6.08 Å². The van der Waals surface area contributed by atoms with Crippen LogP contribution in [0, 0.1) is 6.08 Å². The van der Waals surface area contributed by atoms with Crippen molar-refractivity contribution in [3.63, 3.8) is 0 Å². The monoisotopic (exact) mass is 271 g/mol. The van der Waals surface area contributed by atoms with Gasteiger partial charge in [0, 0.05) is 18.7 Å². The highest BCUT2D eigenvalue weighted by Crippen LogP contribution is 2.35. The number of pyridine rings is 1. The van der Waals surface area contributed by atoms with E-state index in [0.717, 1.165) is 30.5 Å². The molecule has 1 atom stereocenters. The van der Waals surface area contributed by atoms with Gasteiger partial charge in [0.1, 0.15) is 11.6 Å². The van der Waals surface area contributed by atoms with Gasteiger partial charge in [-0.1, -0.05) is 6.08 Å². The van der Waals surface area contributed by atoms with Crippen molar-refractivity contribution in [2.75, 3.05) is 17.2 Å². The van der Waals surface area contributed by atoms with Gasteiger partial charge in [0.2, 0.25) is 0 Å². The lowest BCUT2D eigenvalue weighted by Gasteiger charge is -2.34. The molecule has 2 aromatic rings. The molecule has 2 aliphatic rings. The van der Waals surface area contributed by atoms with E-state index in [0.29, 0.717) is 17.2 Å². The Morgan fingerprint density at radius 1 is 1.25 bits per heavy atom. The maximum absolute atomic E-state index is 13.7. The maximum Gasteiger partial charge on any atom is 0.311 e. The first-order valence-corrected chi connectivity index (χ1v) is 6.81. The summed E-state index contributed by atoms with van der Waals surface area (Å²) in [6.45, 7) is 0.879. The van der Waals surface area contributed by atoms with Crippen LogP contribution in [0.3, 0.4) is 0 Å². The van der Waals surface area contributed by atoms with Crippen molar-refractivity contribution in [2.45, 2.75) is 25.3 Å². The van der Waals surface area contributed by atoms with Gasteiger partial charge in [-0.2, -0.15) is 9.37 Å². The molecule has 0 aromatic carbocycles. The van der Waals surface area contributed by atoms with Gasteiger partial charge in [-0.3, -0.25) is 0 Å². The molecule has 0 saturated carbocycles. The van der Waals surface area contributed by atoms with Crippen LogP contribution >= 0.6 is 0 Å². The molecule has 1 unspecified atom stereocenters. The highest BCUT2D eigenvalue weighted by atomic mass is 19.1. The third-order valence-corrected chi connectivity index (χ3v) is 3.98. The van der Waals surface area contributed by atoms with Crippen molar-refractivity contribution in [2.24, 2.45) is 0 Å². The first-order valence-electron chi connectivity index (χ1n) is 6.81. The number of nitrogens with two attached hydrogens (primary N) is 1. The van der Waals surface area contributed by atoms with E-state index in [1.807, 2.05) is 6.08 Å². The molecule has 5 nitrogen and oxygen atoms in total. The van der Waals surface area contributed by atoms with Crippen LogP contribution in [0.15, 0.2) is 12.1 Å². The molecule has 2 aromatic heterocycles. The topological polar surface area (TPSA) is 67.9 Å². The third-order valence-electron chi connectivity index (χ3n) is 3.98. The Balaban J connectivity index is 2.07. The Morgan fingerprint density at radius 2 is 2.15 bits per heavy atom. The molecular weight excluding hydrogens is 257 g/mol. The summed E-state index contributed by atoms with van der Waals surface area (Å²) >= 11 is 0. The van der Waals surface area contributed by atoms with Gasteiger partial charge in [0.15, 0.2) is 0 Å². The minimum atomic E-state index is -0.713. The Hall–Kier alpha value is -2.24. The fraction of sp³-hybridized carbons (Fsp3) is 0.357. The number of hydrogen-bond acceptors (Lipinski definition) is 5. The van der Waals surface area contributed by atoms with E-state index in [9.17, 15) is 4.39 Å². The van der Waals surface area contributed by atoms with E-state index in [-0.39, 0.29) is 6.04 Å². The van der Waals surface area contributed by atoms with Gasteiger partial charge in [0.25, 0.3) is 0 Å². The quantitative estimate of drug-likeness (QED) is 0.743. The van der Waals surface area contributed by atoms with Crippen LogP contribution in [-0.2, 0) is 0 Å². The lowest BCUT2D eigenvalue weighted by molar-refractivity contribution is 0.501. The minimum Gasteiger partial charge on any atom is -0.384 e. The van der Waals surface area contributed by atoms with Crippen LogP contribution in [0.1, 0.15) is 25.0 Å². The number of nitrogens with zero attached hydrogens (tertiary/aromatic N) is 4. The molecule has 20 heavy (non-hydrogen) atoms. The van der Waals surface area contributed by atoms with Gasteiger partial charge in [-0.15, -0.1) is 0 Å². The Kier molecular flexibility index (Phi) is 2.39. The second-order valence-electron chi connectivity index (χ2n) is 5.26. The summed E-state index contributed by atoms with van der Waals surface area (Å²) in [7, 11) is 0. The average Bonchev–Trinajstić information content (AvgIpc) is 2.57. The molecule has 102 valence electrons. The fourth-order valence-electron chi connectivity index (χ4n) is 3.11. The van der Waals surface area contributed by atoms with Crippen molar-refractivity contribution in [3.05, 3.63) is 23.9 Å². The van der Waals surface area contributed by atoms with E-state index in [2.05, 4.69) is 25.9 Å². The van der Waals surface area contributed by atoms with Crippen LogP contribution in [-0.4, -0.2) is 27.5 Å². The zero-order valence-corrected chi connectivity index (χ0v) is 10.9. The number of rotatable bonds is 0. The molecule has 4 rings (SSSR count). The summed E-state index contributed by atoms with van der Waals surface area (Å²) in [5.74, 6) is 0.991. The van der Waals surface area contributed by atoms with Crippen molar-refractivity contribution in [1.29, 1.82) is 0 Å². The minimum absolute atomic E-state index is 0.247. The number of anilines is 2. The van der Waals surface area contributed by atoms with Crippen molar-refractivity contribution < 1.29 is 4.39 Å². The summed E-state index contributed by atoms with van der Waals surface area (Å²) in [6.07, 6.45) is 6.67. The van der Waals surface area contributed by atoms with E-state index < -0.39 is 6.08 Å². The second-order valence-corrected chi connectivity index (χ2v) is 5.26. The predicted molar refractivity (Wildman–Crippen MR) is 75.7 cm³/mol. The number of halogens is 1. The molecule has 1 saturated heterocycles. The van der Waals surface area contributed by atoms with Crippen LogP contribution in [0.2, 0.25) is 0 Å². The molecule has 0 radical (unpaired) electrons. The number of nitrogen functional groups attached to an aromatic ring is 1. The summed E-state index contributed by atoms with van der Waals surface area (Å²) in [5, 5.41) is 0.793. The van der Waals surface area contributed by atoms with Crippen molar-refractivity contribution >= 4 is 28.6 Å². The highest BCUT2D eigenvalue weighted by molar-refractivity contribution is 5.97. The average molecular weight is 271 g/mol. The summed E-state index contributed by atoms with van der Waals surface area (Å²) < 4.78 is 13.7. The molecule has 6 heteroatoms. The van der Waals surface area contributed by atoms with Gasteiger partial charge in [0.05, 0.1) is 16.6 Å².